The molecule has 2 aromatic carbocycles. The van der Waals surface area contributed by atoms with Crippen molar-refractivity contribution in [2.45, 2.75) is 25.7 Å². The Labute approximate surface area is 171 Å². The number of carbonyl (C=O) groups excluding carboxylic acids is 1. The second kappa shape index (κ2) is 7.03. The second-order valence-electron chi connectivity index (χ2n) is 8.21. The molecule has 0 N–H and O–H groups in total. The largest absolute Gasteiger partial charge is 0.466 e. The van der Waals surface area contributed by atoms with Crippen LogP contribution in [0.2, 0.25) is 0 Å². The standard InChI is InChI=1S/C25H24N2O2/c1-16-12-20(13-16)17-8-10-19(11-9-17)24-21(18-6-4-3-5-7-18)14-22-25(26-24)29-15-23(28)27(22)2/h3-11,14,16,20H,12-13,15H2,1-2H3. The van der Waals surface area contributed by atoms with Crippen LogP contribution < -0.4 is 9.64 Å². The molecule has 2 heterocycles. The lowest BCUT2D eigenvalue weighted by Gasteiger charge is -2.33. The lowest BCUT2D eigenvalue weighted by molar-refractivity contribution is -0.121. The van der Waals surface area contributed by atoms with Gasteiger partial charge in [-0.15, -0.1) is 0 Å². The lowest BCUT2D eigenvalue weighted by atomic mass is 9.72. The van der Waals surface area contributed by atoms with Crippen molar-refractivity contribution in [1.82, 2.24) is 4.98 Å². The molecule has 146 valence electrons. The molecule has 3 aromatic rings. The number of ether oxygens (including phenoxy) is 1. The number of likely N-dealkylation sites (N-methyl/N-ethyl adjacent to an activating group) is 1. The van der Waals surface area contributed by atoms with Gasteiger partial charge in [0.25, 0.3) is 5.91 Å². The zero-order valence-corrected chi connectivity index (χ0v) is 16.8. The molecule has 4 nitrogen and oxygen atoms in total. The molecule has 1 aromatic heterocycles. The van der Waals surface area contributed by atoms with Crippen molar-refractivity contribution in [2.24, 2.45) is 5.92 Å². The molecule has 1 saturated carbocycles. The van der Waals surface area contributed by atoms with Crippen LogP contribution in [0.1, 0.15) is 31.2 Å². The Bertz CT molecular complexity index is 1050. The number of anilines is 1. The highest BCUT2D eigenvalue weighted by Crippen LogP contribution is 2.43. The van der Waals surface area contributed by atoms with Crippen molar-refractivity contribution in [3.8, 4) is 28.3 Å². The second-order valence-corrected chi connectivity index (χ2v) is 8.21. The van der Waals surface area contributed by atoms with E-state index in [0.29, 0.717) is 17.5 Å². The fourth-order valence-electron chi connectivity index (χ4n) is 4.34. The highest BCUT2D eigenvalue weighted by Gasteiger charge is 2.28. The fourth-order valence-corrected chi connectivity index (χ4v) is 4.34. The summed E-state index contributed by atoms with van der Waals surface area (Å²) in [4.78, 5) is 18.6. The minimum atomic E-state index is -0.0647. The van der Waals surface area contributed by atoms with Gasteiger partial charge in [0, 0.05) is 18.2 Å². The summed E-state index contributed by atoms with van der Waals surface area (Å²) in [5.41, 5.74) is 6.13. The Kier molecular flexibility index (Phi) is 4.35. The lowest BCUT2D eigenvalue weighted by Crippen LogP contribution is -2.35. The number of aromatic nitrogens is 1. The number of amides is 1. The van der Waals surface area contributed by atoms with Crippen LogP contribution in [0.5, 0.6) is 5.88 Å². The Morgan fingerprint density at radius 1 is 1.00 bits per heavy atom. The first kappa shape index (κ1) is 17.9. The summed E-state index contributed by atoms with van der Waals surface area (Å²) < 4.78 is 5.66. The number of hydrogen-bond donors (Lipinski definition) is 0. The van der Waals surface area contributed by atoms with E-state index in [1.165, 1.54) is 18.4 Å². The Morgan fingerprint density at radius 2 is 1.72 bits per heavy atom. The van der Waals surface area contributed by atoms with Crippen LogP contribution in [-0.4, -0.2) is 24.5 Å². The third-order valence-electron chi connectivity index (χ3n) is 6.15. The number of benzene rings is 2. The van der Waals surface area contributed by atoms with Gasteiger partial charge in [-0.2, -0.15) is 0 Å². The van der Waals surface area contributed by atoms with Crippen LogP contribution in [0, 0.1) is 5.92 Å². The minimum absolute atomic E-state index is 0.0272. The molecule has 0 atom stereocenters. The molecule has 5 rings (SSSR count). The summed E-state index contributed by atoms with van der Waals surface area (Å²) in [6.45, 7) is 2.34. The highest BCUT2D eigenvalue weighted by molar-refractivity contribution is 5.98. The van der Waals surface area contributed by atoms with Gasteiger partial charge in [-0.1, -0.05) is 61.5 Å². The molecule has 1 fully saturated rings. The predicted molar refractivity (Wildman–Crippen MR) is 115 cm³/mol. The van der Waals surface area contributed by atoms with Crippen molar-refractivity contribution in [1.29, 1.82) is 0 Å². The number of fused-ring (bicyclic) bond motifs is 1. The average Bonchev–Trinajstić information content (AvgIpc) is 2.74. The van der Waals surface area contributed by atoms with E-state index in [4.69, 9.17) is 9.72 Å². The van der Waals surface area contributed by atoms with Crippen molar-refractivity contribution in [3.63, 3.8) is 0 Å². The van der Waals surface area contributed by atoms with E-state index in [9.17, 15) is 4.79 Å². The van der Waals surface area contributed by atoms with Crippen molar-refractivity contribution < 1.29 is 9.53 Å². The molecule has 0 bridgehead atoms. The maximum absolute atomic E-state index is 12.1. The number of nitrogens with zero attached hydrogens (tertiary/aromatic N) is 2. The summed E-state index contributed by atoms with van der Waals surface area (Å²) in [7, 11) is 1.77. The van der Waals surface area contributed by atoms with E-state index >= 15 is 0 Å². The summed E-state index contributed by atoms with van der Waals surface area (Å²) in [6, 6.07) is 21.0. The Morgan fingerprint density at radius 3 is 2.41 bits per heavy atom. The van der Waals surface area contributed by atoms with E-state index < -0.39 is 0 Å². The van der Waals surface area contributed by atoms with Crippen molar-refractivity contribution >= 4 is 11.6 Å². The molecule has 1 aliphatic carbocycles. The summed E-state index contributed by atoms with van der Waals surface area (Å²) in [5.74, 6) is 1.97. The zero-order valence-electron chi connectivity index (χ0n) is 16.8. The Hall–Kier alpha value is -3.14. The normalized spacial score (nSPS) is 20.6. The van der Waals surface area contributed by atoms with Crippen LogP contribution in [0.3, 0.4) is 0 Å². The minimum Gasteiger partial charge on any atom is -0.466 e. The third kappa shape index (κ3) is 3.19. The molecule has 2 aliphatic rings. The first-order valence-electron chi connectivity index (χ1n) is 10.2. The molecule has 0 spiro atoms. The van der Waals surface area contributed by atoms with Crippen LogP contribution in [0.25, 0.3) is 22.4 Å². The van der Waals surface area contributed by atoms with Gasteiger partial charge in [0.1, 0.15) is 5.69 Å². The molecular weight excluding hydrogens is 360 g/mol. The monoisotopic (exact) mass is 384 g/mol. The smallest absolute Gasteiger partial charge is 0.264 e. The number of pyridine rings is 1. The van der Waals surface area contributed by atoms with Gasteiger partial charge < -0.3 is 9.64 Å². The van der Waals surface area contributed by atoms with Crippen LogP contribution >= 0.6 is 0 Å². The number of hydrogen-bond acceptors (Lipinski definition) is 3. The van der Waals surface area contributed by atoms with E-state index in [1.54, 1.807) is 11.9 Å². The van der Waals surface area contributed by atoms with Gasteiger partial charge in [-0.25, -0.2) is 4.98 Å². The Balaban J connectivity index is 1.61. The van der Waals surface area contributed by atoms with E-state index in [-0.39, 0.29) is 12.5 Å². The maximum atomic E-state index is 12.1. The topological polar surface area (TPSA) is 42.4 Å². The average molecular weight is 384 g/mol. The zero-order chi connectivity index (χ0) is 20.0. The van der Waals surface area contributed by atoms with Gasteiger partial charge in [0.15, 0.2) is 6.61 Å². The van der Waals surface area contributed by atoms with E-state index in [1.807, 2.05) is 24.3 Å². The quantitative estimate of drug-likeness (QED) is 0.617. The van der Waals surface area contributed by atoms with Crippen LogP contribution in [-0.2, 0) is 4.79 Å². The molecule has 29 heavy (non-hydrogen) atoms. The maximum Gasteiger partial charge on any atom is 0.264 e. The third-order valence-corrected chi connectivity index (χ3v) is 6.15. The van der Waals surface area contributed by atoms with Crippen LogP contribution in [0.4, 0.5) is 5.69 Å². The fraction of sp³-hybridized carbons (Fsp3) is 0.280. The molecule has 0 saturated heterocycles. The molecular formula is C25H24N2O2. The number of carbonyl (C=O) groups is 1. The van der Waals surface area contributed by atoms with E-state index in [0.717, 1.165) is 28.3 Å². The number of rotatable bonds is 3. The first-order chi connectivity index (χ1) is 14.1. The molecule has 4 heteroatoms. The first-order valence-corrected chi connectivity index (χ1v) is 10.2. The van der Waals surface area contributed by atoms with Gasteiger partial charge in [0.05, 0.1) is 5.69 Å². The predicted octanol–water partition coefficient (Wildman–Crippen LogP) is 5.28. The summed E-state index contributed by atoms with van der Waals surface area (Å²) in [6.07, 6.45) is 2.56. The molecule has 1 amide bonds. The van der Waals surface area contributed by atoms with E-state index in [2.05, 4.69) is 43.3 Å². The molecule has 0 radical (unpaired) electrons. The summed E-state index contributed by atoms with van der Waals surface area (Å²) >= 11 is 0. The van der Waals surface area contributed by atoms with Gasteiger partial charge in [0.2, 0.25) is 5.88 Å². The van der Waals surface area contributed by atoms with Crippen LogP contribution in [0.15, 0.2) is 60.7 Å². The SMILES string of the molecule is CC1CC(c2ccc(-c3nc4c(cc3-c3ccccc3)N(C)C(=O)CO4)cc2)C1. The summed E-state index contributed by atoms with van der Waals surface area (Å²) in [5, 5.41) is 0. The molecule has 1 aliphatic heterocycles. The van der Waals surface area contributed by atoms with Crippen molar-refractivity contribution in [3.05, 3.63) is 66.2 Å². The van der Waals surface area contributed by atoms with Gasteiger partial charge >= 0.3 is 0 Å². The highest BCUT2D eigenvalue weighted by atomic mass is 16.5. The van der Waals surface area contributed by atoms with Gasteiger partial charge in [-0.3, -0.25) is 4.79 Å². The molecule has 0 unspecified atom stereocenters. The van der Waals surface area contributed by atoms with Gasteiger partial charge in [-0.05, 0) is 41.9 Å². The van der Waals surface area contributed by atoms with Crippen molar-refractivity contribution in [2.75, 3.05) is 18.6 Å².